The molecule has 0 bridgehead atoms. The molecule has 45 heavy (non-hydrogen) atoms. The molecule has 0 heterocycles. The molecular formula is C15Cl30. The Balaban J connectivity index is 7.52. The molecule has 0 aromatic rings. The average molecular weight is 1240 g/mol. The second-order valence-electron chi connectivity index (χ2n) is 7.99. The molecule has 0 aliphatic carbocycles. The summed E-state index contributed by atoms with van der Waals surface area (Å²) in [4.78, 5) is -1.90. The van der Waals surface area contributed by atoms with Gasteiger partial charge in [0.1, 0.15) is 0 Å². The number of hydrogen-bond acceptors (Lipinski definition) is 0. The molecule has 0 fully saturated rings. The lowest BCUT2D eigenvalue weighted by Gasteiger charge is -2.58. The molecule has 0 nitrogen and oxygen atoms in total. The minimum absolute atomic E-state index is 0.950. The van der Waals surface area contributed by atoms with Gasteiger partial charge in [0.05, 0.1) is 0 Å². The maximum Gasteiger partial charge on any atom is 0.189 e. The summed E-state index contributed by atoms with van der Waals surface area (Å²) in [7, 11) is 0. The van der Waals surface area contributed by atoms with Gasteiger partial charge in [-0.25, -0.2) is 0 Å². The van der Waals surface area contributed by atoms with E-state index in [2.05, 4.69) is 0 Å². The van der Waals surface area contributed by atoms with Crippen molar-refractivity contribution in [3.63, 3.8) is 0 Å². The van der Waals surface area contributed by atoms with Crippen molar-refractivity contribution in [1.82, 2.24) is 0 Å². The van der Waals surface area contributed by atoms with Crippen molar-refractivity contribution in [3.05, 3.63) is 9.67 Å². The maximum absolute atomic E-state index is 6.47. The van der Waals surface area contributed by atoms with Gasteiger partial charge in [-0.2, -0.15) is 0 Å². The van der Waals surface area contributed by atoms with Crippen LogP contribution in [0.4, 0.5) is 0 Å². The first-order valence-corrected chi connectivity index (χ1v) is 20.5. The lowest BCUT2D eigenvalue weighted by molar-refractivity contribution is 0.407. The lowest BCUT2D eigenvalue weighted by Crippen LogP contribution is -2.74. The van der Waals surface area contributed by atoms with Crippen LogP contribution in [-0.2, 0) is 0 Å². The van der Waals surface area contributed by atoms with Crippen LogP contribution in [-0.4, -0.2) is 56.3 Å². The van der Waals surface area contributed by atoms with Crippen molar-refractivity contribution in [2.45, 2.75) is 56.3 Å². The molecule has 0 saturated heterocycles. The number of halogens is 30. The van der Waals surface area contributed by atoms with Gasteiger partial charge in [0, 0.05) is 0 Å². The van der Waals surface area contributed by atoms with Crippen molar-refractivity contribution in [1.29, 1.82) is 0 Å². The van der Waals surface area contributed by atoms with Crippen LogP contribution in [0.25, 0.3) is 0 Å². The van der Waals surface area contributed by atoms with E-state index in [1.807, 2.05) is 0 Å². The lowest BCUT2D eigenvalue weighted by atomic mass is 9.97. The van der Waals surface area contributed by atoms with Crippen LogP contribution in [0, 0.1) is 9.67 Å². The van der Waals surface area contributed by atoms with Gasteiger partial charge in [-0.05, 0) is 0 Å². The van der Waals surface area contributed by atoms with Crippen LogP contribution in [0.15, 0.2) is 0 Å². The van der Waals surface area contributed by atoms with Crippen LogP contribution in [0.3, 0.4) is 0 Å². The Kier molecular flexibility index (Phi) is 19.6. The third-order valence-corrected chi connectivity index (χ3v) is 26.1. The summed E-state index contributed by atoms with van der Waals surface area (Å²) in [5.74, 6) is 0. The smallest absolute Gasteiger partial charge is 0.0946 e. The van der Waals surface area contributed by atoms with Crippen molar-refractivity contribution < 1.29 is 0 Å². The fourth-order valence-corrected chi connectivity index (χ4v) is 12.1. The third-order valence-electron chi connectivity index (χ3n) is 5.21. The Labute approximate surface area is 407 Å². The summed E-state index contributed by atoms with van der Waals surface area (Å²) in [6, 6.07) is 0. The first-order valence-electron chi connectivity index (χ1n) is 9.17. The molecule has 0 unspecified atom stereocenters. The molecule has 0 N–H and O–H groups in total. The van der Waals surface area contributed by atoms with E-state index in [1.54, 1.807) is 0 Å². The van der Waals surface area contributed by atoms with E-state index in [0.717, 1.165) is 0 Å². The second kappa shape index (κ2) is 16.4. The fourth-order valence-electron chi connectivity index (χ4n) is 2.41. The van der Waals surface area contributed by atoms with Crippen molar-refractivity contribution >= 4 is 348 Å². The summed E-state index contributed by atoms with van der Waals surface area (Å²) in [6.07, 6.45) is 0. The SMILES string of the molecule is Cl[C](Cl)C(Cl)(Cl)C(Cl)(Cl)C(Cl)(Cl)C(Cl)(Cl)C(Cl)(Cl)C(Cl)(Cl)C(Cl)(Cl)C(Cl)(Cl)C(Cl)(Cl)C(Cl)(Cl)C(Cl)(Cl)C(Cl)(Cl)C(Cl)(Cl)[C](Cl)Cl. The molecule has 0 saturated carbocycles. The summed E-state index contributed by atoms with van der Waals surface area (Å²) < 4.78 is -42.5. The van der Waals surface area contributed by atoms with Crippen LogP contribution < -0.4 is 0 Å². The molecule has 270 valence electrons. The Morgan fingerprint density at radius 2 is 0.267 bits per heavy atom. The van der Waals surface area contributed by atoms with Crippen LogP contribution in [0.5, 0.6) is 0 Å². The van der Waals surface area contributed by atoms with E-state index in [0.29, 0.717) is 0 Å². The molecule has 0 spiro atoms. The molecule has 0 rings (SSSR count). The molecular weight excluding hydrogens is 1240 g/mol. The number of alkyl halides is 26. The number of hydrogen-bond donors (Lipinski definition) is 0. The second-order valence-corrected chi connectivity index (χ2v) is 27.1. The standard InChI is InChI=1S/C15Cl30/c16-1(17)3(20,21)5(24,25)7(28,29)9(32,33)11(36,37)13(40,41)15(44,45)14(42,43)12(38,39)10(34,35)8(30,31)6(26,27)4(22,23)2(18)19. The van der Waals surface area contributed by atoms with Crippen molar-refractivity contribution in [2.75, 3.05) is 0 Å². The van der Waals surface area contributed by atoms with E-state index < -0.39 is 66.0 Å². The van der Waals surface area contributed by atoms with Crippen LogP contribution in [0.1, 0.15) is 0 Å². The normalized spacial score (nSPS) is 17.1. The summed E-state index contributed by atoms with van der Waals surface area (Å²) in [6.45, 7) is 0. The molecule has 0 aromatic carbocycles. The average Bonchev–Trinajstić information content (AvgIpc) is 2.81. The van der Waals surface area contributed by atoms with Gasteiger partial charge >= 0.3 is 0 Å². The van der Waals surface area contributed by atoms with Gasteiger partial charge in [0.15, 0.2) is 66.0 Å². The minimum Gasteiger partial charge on any atom is -0.0946 e. The van der Waals surface area contributed by atoms with E-state index in [1.165, 1.54) is 0 Å². The Bertz CT molecular complexity index is 977. The van der Waals surface area contributed by atoms with Crippen LogP contribution in [0.2, 0.25) is 0 Å². The molecule has 0 aliphatic rings. The van der Waals surface area contributed by atoms with Crippen LogP contribution >= 0.6 is 348 Å². The number of rotatable bonds is 14. The van der Waals surface area contributed by atoms with Crippen molar-refractivity contribution in [3.8, 4) is 0 Å². The first kappa shape index (κ1) is 53.7. The first-order chi connectivity index (χ1) is 18.9. The molecule has 0 amide bonds. The highest BCUT2D eigenvalue weighted by Crippen LogP contribution is 2.77. The van der Waals surface area contributed by atoms with E-state index in [4.69, 9.17) is 348 Å². The largest absolute Gasteiger partial charge is 0.189 e. The van der Waals surface area contributed by atoms with Crippen molar-refractivity contribution in [2.24, 2.45) is 0 Å². The summed E-state index contributed by atoms with van der Waals surface area (Å²) >= 11 is 187. The predicted molar refractivity (Wildman–Crippen MR) is 218 cm³/mol. The van der Waals surface area contributed by atoms with Gasteiger partial charge in [0.2, 0.25) is 0 Å². The molecule has 0 aromatic heterocycles. The Morgan fingerprint density at radius 3 is 0.356 bits per heavy atom. The van der Waals surface area contributed by atoms with E-state index >= 15 is 0 Å². The third kappa shape index (κ3) is 8.18. The zero-order valence-corrected chi connectivity index (χ0v) is 41.5. The van der Waals surface area contributed by atoms with Gasteiger partial charge in [-0.3, -0.25) is 0 Å². The summed E-state index contributed by atoms with van der Waals surface area (Å²) in [5, 5.41) is 0. The maximum atomic E-state index is 6.47. The highest BCUT2D eigenvalue weighted by Gasteiger charge is 2.86. The zero-order valence-electron chi connectivity index (χ0n) is 18.8. The van der Waals surface area contributed by atoms with Gasteiger partial charge < -0.3 is 0 Å². The molecule has 0 aliphatic heterocycles. The Hall–Kier alpha value is 8.70. The van der Waals surface area contributed by atoms with Gasteiger partial charge in [0.25, 0.3) is 0 Å². The zero-order chi connectivity index (χ0) is 37.7. The van der Waals surface area contributed by atoms with E-state index in [9.17, 15) is 0 Å². The molecule has 2 radical (unpaired) electrons. The minimum atomic E-state index is -3.51. The monoisotopic (exact) mass is 1230 g/mol. The highest BCUT2D eigenvalue weighted by atomic mass is 35.6. The Morgan fingerprint density at radius 1 is 0.178 bits per heavy atom. The molecule has 30 heteroatoms. The quantitative estimate of drug-likeness (QED) is 0.152. The highest BCUT2D eigenvalue weighted by molar-refractivity contribution is 6.84. The van der Waals surface area contributed by atoms with E-state index in [-0.39, 0.29) is 0 Å². The van der Waals surface area contributed by atoms with Gasteiger partial charge in [-0.1, -0.05) is 348 Å². The van der Waals surface area contributed by atoms with Gasteiger partial charge in [-0.15, -0.1) is 0 Å². The summed E-state index contributed by atoms with van der Waals surface area (Å²) in [5.41, 5.74) is 0. The molecule has 0 atom stereocenters. The predicted octanol–water partition coefficient (Wildman–Crippen LogP) is 18.2. The topological polar surface area (TPSA) is 0 Å². The fraction of sp³-hybridized carbons (Fsp3) is 0.867.